The lowest BCUT2D eigenvalue weighted by atomic mass is 9.96. The first kappa shape index (κ1) is 22.3. The quantitative estimate of drug-likeness (QED) is 0.390. The van der Waals surface area contributed by atoms with Gasteiger partial charge in [-0.25, -0.2) is 9.00 Å². The molecule has 34 heavy (non-hydrogen) atoms. The number of benzene rings is 2. The van der Waals surface area contributed by atoms with Crippen molar-refractivity contribution in [1.82, 2.24) is 4.90 Å². The number of aryl methyl sites for hydroxylation is 2. The fraction of sp³-hybridized carbons (Fsp3) is 0.292. The van der Waals surface area contributed by atoms with E-state index in [1.54, 1.807) is 30.3 Å². The highest BCUT2D eigenvalue weighted by molar-refractivity contribution is 7.80. The van der Waals surface area contributed by atoms with Crippen molar-refractivity contribution in [3.63, 3.8) is 0 Å². The molecule has 1 aromatic heterocycles. The average molecular weight is 483 g/mol. The normalized spacial score (nSPS) is 16.9. The Bertz CT molecular complexity index is 1310. The first-order chi connectivity index (χ1) is 16.4. The predicted octanol–water partition coefficient (Wildman–Crippen LogP) is 3.39. The van der Waals surface area contributed by atoms with Gasteiger partial charge < -0.3 is 9.52 Å². The fourth-order valence-corrected chi connectivity index (χ4v) is 5.51. The zero-order valence-electron chi connectivity index (χ0n) is 18.1. The second kappa shape index (κ2) is 8.69. The molecule has 2 amide bonds. The highest BCUT2D eigenvalue weighted by atomic mass is 32.2. The second-order valence-electron chi connectivity index (χ2n) is 8.40. The molecule has 0 saturated carbocycles. The number of hydrogen-bond donors (Lipinski definition) is 2. The zero-order chi connectivity index (χ0) is 24.0. The Morgan fingerprint density at radius 1 is 1.09 bits per heavy atom. The molecule has 2 heterocycles. The van der Waals surface area contributed by atoms with E-state index in [1.165, 1.54) is 12.1 Å². The van der Waals surface area contributed by atoms with Crippen LogP contribution in [-0.2, 0) is 28.9 Å². The lowest BCUT2D eigenvalue weighted by Crippen LogP contribution is -2.45. The summed E-state index contributed by atoms with van der Waals surface area (Å²) in [7, 11) is 0. The molecule has 10 heteroatoms. The number of amides is 2. The van der Waals surface area contributed by atoms with Gasteiger partial charge in [0.15, 0.2) is 0 Å². The number of imide groups is 1. The van der Waals surface area contributed by atoms with Crippen molar-refractivity contribution in [3.05, 3.63) is 64.9 Å². The van der Waals surface area contributed by atoms with Crippen LogP contribution in [0.25, 0.3) is 11.0 Å². The van der Waals surface area contributed by atoms with Crippen LogP contribution >= 0.6 is 0 Å². The number of nitrogens with zero attached hydrogens (tertiary/aromatic N) is 2. The first-order valence-electron chi connectivity index (χ1n) is 11.0. The van der Waals surface area contributed by atoms with Gasteiger partial charge in [-0.3, -0.25) is 23.3 Å². The van der Waals surface area contributed by atoms with Crippen molar-refractivity contribution < 1.29 is 32.7 Å². The first-order valence-corrected chi connectivity index (χ1v) is 12.1. The molecule has 0 bridgehead atoms. The van der Waals surface area contributed by atoms with E-state index in [0.717, 1.165) is 51.6 Å². The molecule has 2 unspecified atom stereocenters. The van der Waals surface area contributed by atoms with Gasteiger partial charge in [0.1, 0.15) is 17.4 Å². The summed E-state index contributed by atoms with van der Waals surface area (Å²) in [5, 5.41) is 10.8. The molecule has 2 aliphatic rings. The largest absolute Gasteiger partial charge is 0.480 e. The molecular formula is C24H22N2O7S. The van der Waals surface area contributed by atoms with E-state index in [1.807, 2.05) is 0 Å². The summed E-state index contributed by atoms with van der Waals surface area (Å²) in [6, 6.07) is 9.85. The highest BCUT2D eigenvalue weighted by Crippen LogP contribution is 2.35. The van der Waals surface area contributed by atoms with Crippen LogP contribution in [0.3, 0.4) is 0 Å². The maximum absolute atomic E-state index is 12.6. The Morgan fingerprint density at radius 3 is 2.41 bits per heavy atom. The van der Waals surface area contributed by atoms with E-state index in [2.05, 4.69) is 0 Å². The van der Waals surface area contributed by atoms with Crippen LogP contribution < -0.4 is 4.31 Å². The smallest absolute Gasteiger partial charge is 0.327 e. The molecule has 5 rings (SSSR count). The molecule has 0 spiro atoms. The van der Waals surface area contributed by atoms with Gasteiger partial charge in [0, 0.05) is 30.0 Å². The van der Waals surface area contributed by atoms with E-state index < -0.39 is 35.1 Å². The molecule has 176 valence electrons. The molecule has 0 radical (unpaired) electrons. The van der Waals surface area contributed by atoms with Crippen LogP contribution in [0.2, 0.25) is 0 Å². The number of furan rings is 1. The number of carbonyl (C=O) groups is 3. The molecule has 2 atom stereocenters. The van der Waals surface area contributed by atoms with Gasteiger partial charge in [0.25, 0.3) is 23.1 Å². The zero-order valence-corrected chi connectivity index (χ0v) is 18.9. The van der Waals surface area contributed by atoms with Crippen LogP contribution in [-0.4, -0.2) is 49.1 Å². The summed E-state index contributed by atoms with van der Waals surface area (Å²) < 4.78 is 29.1. The van der Waals surface area contributed by atoms with Crippen LogP contribution in [0.1, 0.15) is 51.3 Å². The number of hydrogen-bond acceptors (Lipinski definition) is 5. The Balaban J connectivity index is 1.42. The molecule has 1 aliphatic heterocycles. The monoisotopic (exact) mass is 482 g/mol. The summed E-state index contributed by atoms with van der Waals surface area (Å²) in [5.41, 5.74) is 2.38. The number of carboxylic acid groups (broad SMARTS) is 1. The summed E-state index contributed by atoms with van der Waals surface area (Å²) in [5.74, 6) is -1.47. The Hall–Kier alpha value is -3.50. The number of rotatable bonds is 7. The van der Waals surface area contributed by atoms with Gasteiger partial charge in [-0.1, -0.05) is 12.1 Å². The van der Waals surface area contributed by atoms with Crippen LogP contribution in [0.15, 0.2) is 46.9 Å². The maximum Gasteiger partial charge on any atom is 0.327 e. The third-order valence-electron chi connectivity index (χ3n) is 6.44. The number of aliphatic carboxylic acids is 1. The van der Waals surface area contributed by atoms with Crippen LogP contribution in [0.5, 0.6) is 0 Å². The fourth-order valence-electron chi connectivity index (χ4n) is 4.80. The van der Waals surface area contributed by atoms with Gasteiger partial charge in [-0.05, 0) is 49.9 Å². The maximum atomic E-state index is 12.6. The molecule has 2 aromatic carbocycles. The van der Waals surface area contributed by atoms with Crippen molar-refractivity contribution in [3.8, 4) is 0 Å². The lowest BCUT2D eigenvalue weighted by Gasteiger charge is -2.28. The number of fused-ring (bicyclic) bond motifs is 4. The van der Waals surface area contributed by atoms with Crippen molar-refractivity contribution in [2.45, 2.75) is 38.1 Å². The van der Waals surface area contributed by atoms with Crippen LogP contribution in [0.4, 0.5) is 5.69 Å². The molecule has 0 saturated heterocycles. The topological polar surface area (TPSA) is 128 Å². The van der Waals surface area contributed by atoms with Gasteiger partial charge in [0.05, 0.1) is 16.8 Å². The number of carbonyl (C=O) groups excluding carboxylic acids is 2. The van der Waals surface area contributed by atoms with E-state index in [4.69, 9.17) is 4.42 Å². The van der Waals surface area contributed by atoms with E-state index in [0.29, 0.717) is 5.58 Å². The van der Waals surface area contributed by atoms with E-state index in [9.17, 15) is 28.3 Å². The average Bonchev–Trinajstić information content (AvgIpc) is 3.31. The van der Waals surface area contributed by atoms with Crippen molar-refractivity contribution in [2.75, 3.05) is 10.8 Å². The minimum Gasteiger partial charge on any atom is -0.480 e. The third-order valence-corrected chi connectivity index (χ3v) is 7.24. The Kier molecular flexibility index (Phi) is 5.70. The van der Waals surface area contributed by atoms with Gasteiger partial charge in [-0.15, -0.1) is 0 Å². The van der Waals surface area contributed by atoms with Gasteiger partial charge >= 0.3 is 5.97 Å². The number of anilines is 1. The Morgan fingerprint density at radius 2 is 1.76 bits per heavy atom. The van der Waals surface area contributed by atoms with E-state index >= 15 is 0 Å². The summed E-state index contributed by atoms with van der Waals surface area (Å²) in [4.78, 5) is 38.4. The van der Waals surface area contributed by atoms with Crippen molar-refractivity contribution in [1.29, 1.82) is 0 Å². The van der Waals surface area contributed by atoms with Crippen LogP contribution in [0, 0.1) is 0 Å². The SMILES string of the molecule is O=C(O)C(CCN1C(=O)c2ccccc2C1=O)N(c1ccc2c3c(oc2c1)CCCC3)S(=O)O. The molecule has 1 aliphatic carbocycles. The van der Waals surface area contributed by atoms with Crippen molar-refractivity contribution >= 4 is 45.7 Å². The molecule has 3 aromatic rings. The summed E-state index contributed by atoms with van der Waals surface area (Å²) in [6.45, 7) is -0.214. The van der Waals surface area contributed by atoms with Gasteiger partial charge in [0.2, 0.25) is 0 Å². The molecule has 2 N–H and O–H groups in total. The summed E-state index contributed by atoms with van der Waals surface area (Å²) in [6.07, 6.45) is 3.59. The predicted molar refractivity (Wildman–Crippen MR) is 124 cm³/mol. The molecule has 0 fully saturated rings. The number of carboxylic acids is 1. The second-order valence-corrected chi connectivity index (χ2v) is 9.25. The highest BCUT2D eigenvalue weighted by Gasteiger charge is 2.37. The van der Waals surface area contributed by atoms with Crippen molar-refractivity contribution in [2.24, 2.45) is 0 Å². The molecular weight excluding hydrogens is 460 g/mol. The third kappa shape index (κ3) is 3.68. The van der Waals surface area contributed by atoms with E-state index in [-0.39, 0.29) is 29.8 Å². The van der Waals surface area contributed by atoms with Gasteiger partial charge in [-0.2, -0.15) is 0 Å². The molecule has 9 nitrogen and oxygen atoms in total. The lowest BCUT2D eigenvalue weighted by molar-refractivity contribution is -0.138. The standard InChI is InChI=1S/C24H22N2O7S/c27-22-17-6-1-2-7-18(17)23(28)25(22)12-11-19(24(29)30)26(34(31)32)14-9-10-16-15-5-3-4-8-20(15)33-21(16)13-14/h1-2,6-7,9-10,13,19H,3-5,8,11-12H2,(H,29,30)(H,31,32). The minimum atomic E-state index is -2.68. The minimum absolute atomic E-state index is 0.203. The summed E-state index contributed by atoms with van der Waals surface area (Å²) >= 11 is -2.68. The Labute approximate surface area is 197 Å².